The monoisotopic (exact) mass is 210 g/mol. The van der Waals surface area contributed by atoms with Crippen LogP contribution in [0.5, 0.6) is 0 Å². The first kappa shape index (κ1) is 9.97. The van der Waals surface area contributed by atoms with Crippen LogP contribution in [0, 0.1) is 16.6 Å². The molecule has 0 saturated heterocycles. The smallest absolute Gasteiger partial charge is 0.177 e. The normalized spacial score (nSPS) is 31.5. The Morgan fingerprint density at radius 1 is 1.57 bits per heavy atom. The molecule has 0 aromatic carbocycles. The Hall–Kier alpha value is -0.570. The van der Waals surface area contributed by atoms with Gasteiger partial charge in [0.2, 0.25) is 0 Å². The Balaban J connectivity index is 2.32. The van der Waals surface area contributed by atoms with Crippen molar-refractivity contribution in [3.05, 3.63) is 16.7 Å². The van der Waals surface area contributed by atoms with Gasteiger partial charge in [0.15, 0.2) is 4.77 Å². The second-order valence-electron chi connectivity index (χ2n) is 4.45. The summed E-state index contributed by atoms with van der Waals surface area (Å²) in [7, 11) is 0. The van der Waals surface area contributed by atoms with Crippen LogP contribution in [0.4, 0.5) is 0 Å². The number of aromatic nitrogens is 2. The molecule has 3 heteroatoms. The molecule has 78 valence electrons. The summed E-state index contributed by atoms with van der Waals surface area (Å²) in [5, 5.41) is 0. The third-order valence-corrected chi connectivity index (χ3v) is 4.02. The lowest BCUT2D eigenvalue weighted by Crippen LogP contribution is -2.35. The van der Waals surface area contributed by atoms with E-state index in [1.165, 1.54) is 12.1 Å². The first-order valence-electron chi connectivity index (χ1n) is 5.44. The second-order valence-corrected chi connectivity index (χ2v) is 4.83. The maximum atomic E-state index is 5.31. The lowest BCUT2D eigenvalue weighted by molar-refractivity contribution is 0.108. The Kier molecular flexibility index (Phi) is 2.52. The fourth-order valence-electron chi connectivity index (χ4n) is 2.38. The number of aromatic amines is 1. The minimum absolute atomic E-state index is 0.638. The minimum atomic E-state index is 0.638. The summed E-state index contributed by atoms with van der Waals surface area (Å²) in [6, 6.07) is 0.638. The molecule has 3 atom stereocenters. The summed E-state index contributed by atoms with van der Waals surface area (Å²) < 4.78 is 3.21. The van der Waals surface area contributed by atoms with Gasteiger partial charge in [-0.2, -0.15) is 0 Å². The highest BCUT2D eigenvalue weighted by Crippen LogP contribution is 2.44. The van der Waals surface area contributed by atoms with E-state index in [9.17, 15) is 0 Å². The average Bonchev–Trinajstić information content (AvgIpc) is 2.55. The van der Waals surface area contributed by atoms with Gasteiger partial charge in [-0.15, -0.1) is 0 Å². The number of aryl methyl sites for hydroxylation is 1. The van der Waals surface area contributed by atoms with Gasteiger partial charge in [-0.05, 0) is 36.9 Å². The Morgan fingerprint density at radius 2 is 2.29 bits per heavy atom. The topological polar surface area (TPSA) is 20.7 Å². The average molecular weight is 210 g/mol. The summed E-state index contributed by atoms with van der Waals surface area (Å²) in [5.74, 6) is 1.62. The highest BCUT2D eigenvalue weighted by atomic mass is 32.1. The molecule has 1 fully saturated rings. The fourth-order valence-corrected chi connectivity index (χ4v) is 2.70. The summed E-state index contributed by atoms with van der Waals surface area (Å²) >= 11 is 5.31. The van der Waals surface area contributed by atoms with E-state index in [0.717, 1.165) is 23.0 Å². The number of imidazole rings is 1. The largest absolute Gasteiger partial charge is 0.337 e. The highest BCUT2D eigenvalue weighted by Gasteiger charge is 2.36. The molecule has 1 N–H and O–H groups in total. The van der Waals surface area contributed by atoms with Crippen LogP contribution in [0.2, 0.25) is 0 Å². The molecule has 1 saturated carbocycles. The van der Waals surface area contributed by atoms with Crippen LogP contribution < -0.4 is 0 Å². The Bertz CT molecular complexity index is 377. The zero-order valence-corrected chi connectivity index (χ0v) is 9.90. The van der Waals surface area contributed by atoms with Crippen LogP contribution in [-0.2, 0) is 6.42 Å². The third-order valence-electron chi connectivity index (χ3n) is 3.70. The maximum Gasteiger partial charge on any atom is 0.177 e. The molecule has 1 aliphatic rings. The van der Waals surface area contributed by atoms with E-state index in [2.05, 4.69) is 36.5 Å². The molecule has 2 nitrogen and oxygen atoms in total. The summed E-state index contributed by atoms with van der Waals surface area (Å²) in [6.07, 6.45) is 4.39. The number of hydrogen-bond acceptors (Lipinski definition) is 1. The lowest BCUT2D eigenvalue weighted by Gasteiger charge is -2.42. The zero-order chi connectivity index (χ0) is 10.3. The van der Waals surface area contributed by atoms with Gasteiger partial charge in [0.25, 0.3) is 0 Å². The van der Waals surface area contributed by atoms with Crippen LogP contribution >= 0.6 is 12.2 Å². The van der Waals surface area contributed by atoms with Crippen LogP contribution in [0.1, 0.15) is 38.9 Å². The van der Waals surface area contributed by atoms with Crippen molar-refractivity contribution in [2.24, 2.45) is 11.8 Å². The van der Waals surface area contributed by atoms with Crippen LogP contribution in [0.15, 0.2) is 6.20 Å². The number of rotatable bonds is 2. The number of nitrogens with one attached hydrogen (secondary N) is 1. The molecule has 0 radical (unpaired) electrons. The lowest BCUT2D eigenvalue weighted by atomic mass is 9.71. The van der Waals surface area contributed by atoms with Crippen molar-refractivity contribution in [1.82, 2.24) is 9.55 Å². The van der Waals surface area contributed by atoms with Crippen LogP contribution in [0.3, 0.4) is 0 Å². The van der Waals surface area contributed by atoms with Gasteiger partial charge in [-0.3, -0.25) is 0 Å². The van der Waals surface area contributed by atoms with E-state index >= 15 is 0 Å². The molecule has 3 unspecified atom stereocenters. The predicted molar refractivity (Wildman–Crippen MR) is 61.0 cm³/mol. The predicted octanol–water partition coefficient (Wildman–Crippen LogP) is 3.33. The summed E-state index contributed by atoms with van der Waals surface area (Å²) in [6.45, 7) is 6.83. The molecule has 0 spiro atoms. The number of nitrogens with zero attached hydrogens (tertiary/aromatic N) is 1. The molecule has 0 amide bonds. The van der Waals surface area contributed by atoms with E-state index in [1.807, 2.05) is 0 Å². The van der Waals surface area contributed by atoms with Gasteiger partial charge in [-0.1, -0.05) is 20.8 Å². The van der Waals surface area contributed by atoms with E-state index in [0.29, 0.717) is 6.04 Å². The molecule has 14 heavy (non-hydrogen) atoms. The minimum Gasteiger partial charge on any atom is -0.337 e. The molecule has 1 aromatic rings. The first-order chi connectivity index (χ1) is 6.65. The molecular weight excluding hydrogens is 192 g/mol. The number of hydrogen-bond donors (Lipinski definition) is 1. The van der Waals surface area contributed by atoms with Gasteiger partial charge >= 0.3 is 0 Å². The highest BCUT2D eigenvalue weighted by molar-refractivity contribution is 7.71. The van der Waals surface area contributed by atoms with Crippen molar-refractivity contribution in [2.45, 2.75) is 39.7 Å². The quantitative estimate of drug-likeness (QED) is 0.743. The van der Waals surface area contributed by atoms with Crippen LogP contribution in [-0.4, -0.2) is 9.55 Å². The van der Waals surface area contributed by atoms with Gasteiger partial charge in [0, 0.05) is 17.9 Å². The van der Waals surface area contributed by atoms with Gasteiger partial charge in [0.1, 0.15) is 0 Å². The molecule has 1 heterocycles. The molecular formula is C11H18N2S. The van der Waals surface area contributed by atoms with E-state index in [4.69, 9.17) is 12.2 Å². The van der Waals surface area contributed by atoms with Crippen molar-refractivity contribution in [3.63, 3.8) is 0 Å². The maximum absolute atomic E-state index is 5.31. The Labute approximate surface area is 90.3 Å². The summed E-state index contributed by atoms with van der Waals surface area (Å²) in [4.78, 5) is 3.15. The fraction of sp³-hybridized carbons (Fsp3) is 0.727. The number of H-pyrrole nitrogens is 1. The van der Waals surface area contributed by atoms with Crippen molar-refractivity contribution in [3.8, 4) is 0 Å². The van der Waals surface area contributed by atoms with Gasteiger partial charge in [-0.25, -0.2) is 0 Å². The van der Waals surface area contributed by atoms with Crippen molar-refractivity contribution in [2.75, 3.05) is 0 Å². The molecule has 0 bridgehead atoms. The van der Waals surface area contributed by atoms with Gasteiger partial charge < -0.3 is 9.55 Å². The second kappa shape index (κ2) is 3.54. The first-order valence-corrected chi connectivity index (χ1v) is 5.84. The summed E-state index contributed by atoms with van der Waals surface area (Å²) in [5.41, 5.74) is 1.35. The zero-order valence-electron chi connectivity index (χ0n) is 9.08. The van der Waals surface area contributed by atoms with Gasteiger partial charge in [0.05, 0.1) is 0 Å². The molecule has 1 aromatic heterocycles. The van der Waals surface area contributed by atoms with Crippen molar-refractivity contribution >= 4 is 12.2 Å². The van der Waals surface area contributed by atoms with E-state index in [-0.39, 0.29) is 0 Å². The molecule has 2 rings (SSSR count). The Morgan fingerprint density at radius 3 is 2.79 bits per heavy atom. The molecule has 0 aliphatic heterocycles. The van der Waals surface area contributed by atoms with E-state index in [1.54, 1.807) is 0 Å². The van der Waals surface area contributed by atoms with Crippen molar-refractivity contribution < 1.29 is 0 Å². The third kappa shape index (κ3) is 1.34. The molecule has 1 aliphatic carbocycles. The standard InChI is InChI=1S/C11H18N2S/c1-4-9-6-12-11(14)13(9)10-5-7(2)8(10)3/h6-8,10H,4-5H2,1-3H3,(H,12,14). The van der Waals surface area contributed by atoms with Crippen LogP contribution in [0.25, 0.3) is 0 Å². The van der Waals surface area contributed by atoms with Crippen molar-refractivity contribution in [1.29, 1.82) is 0 Å². The SMILES string of the molecule is CCc1c[nH]c(=S)n1C1CC(C)C1C. The van der Waals surface area contributed by atoms with E-state index < -0.39 is 0 Å².